The largest absolute Gasteiger partial charge is 0.349 e. The average molecular weight is 468 g/mol. The molecule has 0 unspecified atom stereocenters. The van der Waals surface area contributed by atoms with Gasteiger partial charge in [0.1, 0.15) is 4.70 Å². The Balaban J connectivity index is 1.41. The monoisotopic (exact) mass is 467 g/mol. The standard InChI is InChI=1S/C23H18ClN3O2S2/c24-15-5-3-6-16(12-15)27-22(29)21-19(10-11-30-21)26-23(27)31-13-20(28)25-18-9-8-14-4-1-2-7-17(14)18/h1-7,10-12,18H,8-9,13H2,(H,25,28)/t18-/m1/s1. The number of hydrogen-bond acceptors (Lipinski definition) is 5. The van der Waals surface area contributed by atoms with E-state index < -0.39 is 0 Å². The predicted molar refractivity (Wildman–Crippen MR) is 127 cm³/mol. The van der Waals surface area contributed by atoms with Gasteiger partial charge in [-0.15, -0.1) is 11.3 Å². The summed E-state index contributed by atoms with van der Waals surface area (Å²) in [6, 6.07) is 17.2. The number of thioether (sulfide) groups is 1. The lowest BCUT2D eigenvalue weighted by Gasteiger charge is -2.15. The molecule has 0 fully saturated rings. The fourth-order valence-electron chi connectivity index (χ4n) is 3.90. The molecule has 31 heavy (non-hydrogen) atoms. The van der Waals surface area contributed by atoms with Gasteiger partial charge >= 0.3 is 0 Å². The number of benzene rings is 2. The Labute approximate surface area is 192 Å². The van der Waals surface area contributed by atoms with E-state index in [1.807, 2.05) is 29.6 Å². The maximum Gasteiger partial charge on any atom is 0.276 e. The molecule has 1 amide bonds. The minimum atomic E-state index is -0.158. The van der Waals surface area contributed by atoms with Gasteiger partial charge in [-0.3, -0.25) is 14.2 Å². The molecule has 4 aromatic rings. The van der Waals surface area contributed by atoms with Crippen LogP contribution in [0, 0.1) is 0 Å². The quantitative estimate of drug-likeness (QED) is 0.331. The van der Waals surface area contributed by atoms with Gasteiger partial charge < -0.3 is 5.32 Å². The van der Waals surface area contributed by atoms with Crippen molar-refractivity contribution >= 4 is 50.8 Å². The highest BCUT2D eigenvalue weighted by atomic mass is 35.5. The Morgan fingerprint density at radius 1 is 1.23 bits per heavy atom. The third-order valence-electron chi connectivity index (χ3n) is 5.32. The third kappa shape index (κ3) is 4.01. The van der Waals surface area contributed by atoms with E-state index in [0.717, 1.165) is 12.8 Å². The molecule has 0 radical (unpaired) electrons. The Morgan fingerprint density at radius 3 is 2.97 bits per heavy atom. The third-order valence-corrected chi connectivity index (χ3v) is 7.38. The number of rotatable bonds is 5. The highest BCUT2D eigenvalue weighted by Gasteiger charge is 2.24. The van der Waals surface area contributed by atoms with Gasteiger partial charge in [-0.25, -0.2) is 4.98 Å². The van der Waals surface area contributed by atoms with E-state index in [-0.39, 0.29) is 23.3 Å². The van der Waals surface area contributed by atoms with Crippen molar-refractivity contribution in [2.24, 2.45) is 0 Å². The summed E-state index contributed by atoms with van der Waals surface area (Å²) in [6.45, 7) is 0. The van der Waals surface area contributed by atoms with Crippen molar-refractivity contribution in [3.8, 4) is 5.69 Å². The van der Waals surface area contributed by atoms with Crippen LogP contribution in [0.5, 0.6) is 0 Å². The highest BCUT2D eigenvalue weighted by Crippen LogP contribution is 2.31. The highest BCUT2D eigenvalue weighted by molar-refractivity contribution is 7.99. The van der Waals surface area contributed by atoms with Crippen LogP contribution in [0.4, 0.5) is 0 Å². The van der Waals surface area contributed by atoms with Gasteiger partial charge in [0.05, 0.1) is 23.0 Å². The number of aromatic nitrogens is 2. The van der Waals surface area contributed by atoms with E-state index >= 15 is 0 Å². The number of halogens is 1. The number of hydrogen-bond donors (Lipinski definition) is 1. The summed E-state index contributed by atoms with van der Waals surface area (Å²) >= 11 is 8.77. The van der Waals surface area contributed by atoms with Crippen molar-refractivity contribution in [1.29, 1.82) is 0 Å². The molecular weight excluding hydrogens is 450 g/mol. The summed E-state index contributed by atoms with van der Waals surface area (Å²) in [4.78, 5) is 30.5. The maximum atomic E-state index is 13.2. The maximum absolute atomic E-state index is 13.2. The van der Waals surface area contributed by atoms with Gasteiger partial charge in [0.15, 0.2) is 5.16 Å². The topological polar surface area (TPSA) is 64.0 Å². The normalized spacial score (nSPS) is 15.2. The fraction of sp³-hybridized carbons (Fsp3) is 0.174. The second kappa shape index (κ2) is 8.49. The van der Waals surface area contributed by atoms with Gasteiger partial charge in [-0.1, -0.05) is 53.7 Å². The number of carbonyl (C=O) groups is 1. The molecule has 8 heteroatoms. The van der Waals surface area contributed by atoms with Crippen LogP contribution in [0.25, 0.3) is 15.9 Å². The first-order valence-corrected chi connectivity index (χ1v) is 12.1. The molecule has 156 valence electrons. The Hall–Kier alpha value is -2.61. The van der Waals surface area contributed by atoms with E-state index in [9.17, 15) is 9.59 Å². The van der Waals surface area contributed by atoms with Crippen LogP contribution in [0.15, 0.2) is 69.9 Å². The van der Waals surface area contributed by atoms with E-state index in [1.54, 1.807) is 18.2 Å². The minimum absolute atomic E-state index is 0.0340. The molecule has 2 aromatic carbocycles. The summed E-state index contributed by atoms with van der Waals surface area (Å²) in [5.41, 5.74) is 3.60. The number of nitrogens with zero attached hydrogens (tertiary/aromatic N) is 2. The summed E-state index contributed by atoms with van der Waals surface area (Å²) < 4.78 is 2.12. The van der Waals surface area contributed by atoms with Crippen molar-refractivity contribution in [1.82, 2.24) is 14.9 Å². The van der Waals surface area contributed by atoms with Gasteiger partial charge in [-0.2, -0.15) is 0 Å². The zero-order valence-corrected chi connectivity index (χ0v) is 18.8. The molecule has 2 heterocycles. The second-order valence-electron chi connectivity index (χ2n) is 7.30. The molecular formula is C23H18ClN3O2S2. The molecule has 1 atom stereocenters. The molecule has 0 saturated carbocycles. The van der Waals surface area contributed by atoms with Crippen LogP contribution in [-0.4, -0.2) is 21.2 Å². The second-order valence-corrected chi connectivity index (χ2v) is 9.59. The van der Waals surface area contributed by atoms with Crippen molar-refractivity contribution in [3.05, 3.63) is 86.5 Å². The van der Waals surface area contributed by atoms with Crippen molar-refractivity contribution in [2.45, 2.75) is 24.0 Å². The minimum Gasteiger partial charge on any atom is -0.349 e. The number of amides is 1. The van der Waals surface area contributed by atoms with E-state index in [1.165, 1.54) is 38.8 Å². The first kappa shape index (κ1) is 20.3. The SMILES string of the molecule is O=C(CSc1nc2ccsc2c(=O)n1-c1cccc(Cl)c1)N[C@@H]1CCc2ccccc21. The van der Waals surface area contributed by atoms with Gasteiger partial charge in [0.25, 0.3) is 5.56 Å². The van der Waals surface area contributed by atoms with Crippen molar-refractivity contribution < 1.29 is 4.79 Å². The van der Waals surface area contributed by atoms with Gasteiger partial charge in [0.2, 0.25) is 5.91 Å². The van der Waals surface area contributed by atoms with Crippen molar-refractivity contribution in [2.75, 3.05) is 5.75 Å². The fourth-order valence-corrected chi connectivity index (χ4v) is 5.67. The molecule has 0 saturated heterocycles. The van der Waals surface area contributed by atoms with Crippen LogP contribution in [0.3, 0.4) is 0 Å². The van der Waals surface area contributed by atoms with Crippen LogP contribution in [-0.2, 0) is 11.2 Å². The van der Waals surface area contributed by atoms with Crippen LogP contribution >= 0.6 is 34.7 Å². The molecule has 0 aliphatic heterocycles. The number of aryl methyl sites for hydroxylation is 1. The predicted octanol–water partition coefficient (Wildman–Crippen LogP) is 5.00. The summed E-state index contributed by atoms with van der Waals surface area (Å²) in [6.07, 6.45) is 1.88. The van der Waals surface area contributed by atoms with Crippen LogP contribution < -0.4 is 10.9 Å². The summed E-state index contributed by atoms with van der Waals surface area (Å²) in [7, 11) is 0. The number of fused-ring (bicyclic) bond motifs is 2. The van der Waals surface area contributed by atoms with E-state index in [4.69, 9.17) is 11.6 Å². The molecule has 1 N–H and O–H groups in total. The molecule has 0 bridgehead atoms. The summed E-state index contributed by atoms with van der Waals surface area (Å²) in [5, 5.41) is 5.98. The number of thiophene rings is 1. The molecule has 2 aromatic heterocycles. The molecule has 1 aliphatic carbocycles. The average Bonchev–Trinajstić information content (AvgIpc) is 3.40. The molecule has 0 spiro atoms. The number of carbonyl (C=O) groups excluding carboxylic acids is 1. The Kier molecular flexibility index (Phi) is 5.56. The first-order chi connectivity index (χ1) is 15.1. The van der Waals surface area contributed by atoms with Crippen LogP contribution in [0.1, 0.15) is 23.6 Å². The van der Waals surface area contributed by atoms with Crippen molar-refractivity contribution in [3.63, 3.8) is 0 Å². The van der Waals surface area contributed by atoms with Crippen LogP contribution in [0.2, 0.25) is 5.02 Å². The lowest BCUT2D eigenvalue weighted by Crippen LogP contribution is -2.29. The summed E-state index contributed by atoms with van der Waals surface area (Å²) in [5.74, 6) is 0.0884. The smallest absolute Gasteiger partial charge is 0.276 e. The number of nitrogens with one attached hydrogen (secondary N) is 1. The molecule has 5 rings (SSSR count). The van der Waals surface area contributed by atoms with E-state index in [0.29, 0.717) is 26.1 Å². The zero-order chi connectivity index (χ0) is 21.4. The lowest BCUT2D eigenvalue weighted by molar-refractivity contribution is -0.119. The Morgan fingerprint density at radius 2 is 2.10 bits per heavy atom. The van der Waals surface area contributed by atoms with Gasteiger partial charge in [-0.05, 0) is 53.6 Å². The lowest BCUT2D eigenvalue weighted by atomic mass is 10.1. The van der Waals surface area contributed by atoms with Gasteiger partial charge in [0, 0.05) is 5.02 Å². The first-order valence-electron chi connectivity index (χ1n) is 9.86. The molecule has 1 aliphatic rings. The molecule has 5 nitrogen and oxygen atoms in total. The zero-order valence-electron chi connectivity index (χ0n) is 16.4. The van der Waals surface area contributed by atoms with E-state index in [2.05, 4.69) is 22.4 Å². The Bertz CT molecular complexity index is 1350.